The van der Waals surface area contributed by atoms with Crippen molar-refractivity contribution in [2.45, 2.75) is 31.3 Å². The first-order valence-corrected chi connectivity index (χ1v) is 7.94. The molecule has 9 nitrogen and oxygen atoms in total. The molecule has 0 aromatic rings. The summed E-state index contributed by atoms with van der Waals surface area (Å²) in [4.78, 5) is 44.9. The van der Waals surface area contributed by atoms with Gasteiger partial charge in [-0.05, 0) is 24.9 Å². The molecule has 6 N–H and O–H groups in total. The van der Waals surface area contributed by atoms with Gasteiger partial charge in [0.2, 0.25) is 11.8 Å². The molecule has 126 valence electrons. The van der Waals surface area contributed by atoms with Crippen molar-refractivity contribution in [3.8, 4) is 0 Å². The fraction of sp³-hybridized carbons (Fsp3) is 0.667. The van der Waals surface area contributed by atoms with E-state index in [1.54, 1.807) is 0 Å². The first-order valence-electron chi connectivity index (χ1n) is 6.55. The second-order valence-electron chi connectivity index (χ2n) is 4.44. The first-order chi connectivity index (χ1) is 10.3. The van der Waals surface area contributed by atoms with Gasteiger partial charge in [-0.15, -0.1) is 0 Å². The third-order valence-corrected chi connectivity index (χ3v) is 3.35. The quantitative estimate of drug-likeness (QED) is 0.309. The largest absolute Gasteiger partial charge is 0.481 e. The lowest BCUT2D eigenvalue weighted by Crippen LogP contribution is -2.52. The second-order valence-corrected chi connectivity index (χ2v) is 5.42. The molecule has 0 heterocycles. The predicted molar refractivity (Wildman–Crippen MR) is 80.4 cm³/mol. The summed E-state index contributed by atoms with van der Waals surface area (Å²) < 4.78 is 0. The number of carbonyl (C=O) groups excluding carboxylic acids is 2. The number of hydrogen-bond acceptors (Lipinski definition) is 6. The molecular weight excluding hydrogens is 314 g/mol. The zero-order valence-electron chi connectivity index (χ0n) is 12.2. The van der Waals surface area contributed by atoms with Gasteiger partial charge in [-0.1, -0.05) is 0 Å². The molecule has 0 aromatic heterocycles. The van der Waals surface area contributed by atoms with Crippen LogP contribution in [0, 0.1) is 0 Å². The summed E-state index contributed by atoms with van der Waals surface area (Å²) in [5.41, 5.74) is 5.17. The Labute approximate surface area is 132 Å². The molecule has 22 heavy (non-hydrogen) atoms. The van der Waals surface area contributed by atoms with Crippen LogP contribution in [0.25, 0.3) is 0 Å². The molecule has 0 aromatic carbocycles. The molecule has 0 aliphatic heterocycles. The molecule has 0 aliphatic carbocycles. The molecule has 0 unspecified atom stereocenters. The summed E-state index contributed by atoms with van der Waals surface area (Å²) in [7, 11) is 0. The standard InChI is InChI=1S/C12H21N3O6S/c1-22-5-4-7(14-9(16)6-13)11(19)15-8(12(20)21)2-3-10(17)18/h7-8H,2-6,13H2,1H3,(H,14,16)(H,15,19)(H,17,18)(H,20,21)/t7-,8-/m0/s1. The fourth-order valence-corrected chi connectivity index (χ4v) is 2.03. The Morgan fingerprint density at radius 2 is 1.73 bits per heavy atom. The van der Waals surface area contributed by atoms with Gasteiger partial charge >= 0.3 is 11.9 Å². The van der Waals surface area contributed by atoms with Crippen LogP contribution in [-0.2, 0) is 19.2 Å². The lowest BCUT2D eigenvalue weighted by molar-refractivity contribution is -0.143. The van der Waals surface area contributed by atoms with Gasteiger partial charge in [0.25, 0.3) is 0 Å². The Kier molecular flexibility index (Phi) is 9.96. The molecule has 0 rings (SSSR count). The highest BCUT2D eigenvalue weighted by Crippen LogP contribution is 2.04. The number of carboxylic acid groups (broad SMARTS) is 2. The van der Waals surface area contributed by atoms with Gasteiger partial charge in [0.1, 0.15) is 12.1 Å². The van der Waals surface area contributed by atoms with Gasteiger partial charge in [0.05, 0.1) is 6.54 Å². The molecule has 10 heteroatoms. The van der Waals surface area contributed by atoms with E-state index in [1.807, 2.05) is 6.26 Å². The van der Waals surface area contributed by atoms with Crippen molar-refractivity contribution in [3.05, 3.63) is 0 Å². The monoisotopic (exact) mass is 335 g/mol. The minimum atomic E-state index is -1.33. The maximum absolute atomic E-state index is 12.1. The van der Waals surface area contributed by atoms with Gasteiger partial charge in [-0.3, -0.25) is 14.4 Å². The Hall–Kier alpha value is -1.81. The van der Waals surface area contributed by atoms with Crippen LogP contribution in [0.15, 0.2) is 0 Å². The van der Waals surface area contributed by atoms with Crippen molar-refractivity contribution in [2.24, 2.45) is 5.73 Å². The van der Waals surface area contributed by atoms with E-state index in [2.05, 4.69) is 10.6 Å². The van der Waals surface area contributed by atoms with E-state index in [0.29, 0.717) is 12.2 Å². The summed E-state index contributed by atoms with van der Waals surface area (Å²) in [6, 6.07) is -2.23. The zero-order valence-corrected chi connectivity index (χ0v) is 13.0. The summed E-state index contributed by atoms with van der Waals surface area (Å²) in [5.74, 6) is -3.11. The van der Waals surface area contributed by atoms with Crippen molar-refractivity contribution in [1.82, 2.24) is 10.6 Å². The van der Waals surface area contributed by atoms with E-state index in [4.69, 9.17) is 15.9 Å². The number of rotatable bonds is 11. The number of thioether (sulfide) groups is 1. The maximum Gasteiger partial charge on any atom is 0.326 e. The fourth-order valence-electron chi connectivity index (χ4n) is 1.56. The smallest absolute Gasteiger partial charge is 0.326 e. The van der Waals surface area contributed by atoms with Crippen LogP contribution >= 0.6 is 11.8 Å². The van der Waals surface area contributed by atoms with E-state index in [9.17, 15) is 19.2 Å². The normalized spacial score (nSPS) is 13.0. The van der Waals surface area contributed by atoms with Crippen molar-refractivity contribution in [3.63, 3.8) is 0 Å². The Morgan fingerprint density at radius 3 is 2.18 bits per heavy atom. The highest BCUT2D eigenvalue weighted by Gasteiger charge is 2.26. The maximum atomic E-state index is 12.1. The second kappa shape index (κ2) is 10.9. The van der Waals surface area contributed by atoms with Gasteiger partial charge in [0.15, 0.2) is 0 Å². The minimum absolute atomic E-state index is 0.240. The van der Waals surface area contributed by atoms with E-state index < -0.39 is 35.8 Å². The Balaban J connectivity index is 4.75. The highest BCUT2D eigenvalue weighted by atomic mass is 32.2. The Morgan fingerprint density at radius 1 is 1.09 bits per heavy atom. The summed E-state index contributed by atoms with van der Waals surface area (Å²) in [6.45, 7) is -0.287. The van der Waals surface area contributed by atoms with E-state index >= 15 is 0 Å². The van der Waals surface area contributed by atoms with E-state index in [1.165, 1.54) is 11.8 Å². The molecule has 0 spiro atoms. The topological polar surface area (TPSA) is 159 Å². The van der Waals surface area contributed by atoms with Crippen molar-refractivity contribution >= 4 is 35.5 Å². The molecule has 0 fully saturated rings. The molecule has 0 bridgehead atoms. The van der Waals surface area contributed by atoms with Crippen molar-refractivity contribution in [2.75, 3.05) is 18.6 Å². The molecule has 2 amide bonds. The number of nitrogens with one attached hydrogen (secondary N) is 2. The first kappa shape index (κ1) is 20.2. The lowest BCUT2D eigenvalue weighted by Gasteiger charge is -2.20. The van der Waals surface area contributed by atoms with Crippen LogP contribution in [0.3, 0.4) is 0 Å². The third-order valence-electron chi connectivity index (χ3n) is 2.71. The number of carboxylic acids is 2. The van der Waals surface area contributed by atoms with Crippen LogP contribution < -0.4 is 16.4 Å². The van der Waals surface area contributed by atoms with Crippen molar-refractivity contribution in [1.29, 1.82) is 0 Å². The van der Waals surface area contributed by atoms with Gasteiger partial charge < -0.3 is 26.6 Å². The Bertz CT molecular complexity index is 418. The molecule has 0 radical (unpaired) electrons. The molecule has 0 saturated carbocycles. The van der Waals surface area contributed by atoms with Gasteiger partial charge in [0, 0.05) is 6.42 Å². The van der Waals surface area contributed by atoms with Crippen LogP contribution in [0.2, 0.25) is 0 Å². The molecular formula is C12H21N3O6S. The van der Waals surface area contributed by atoms with Gasteiger partial charge in [-0.25, -0.2) is 4.79 Å². The van der Waals surface area contributed by atoms with Crippen LogP contribution in [0.1, 0.15) is 19.3 Å². The molecule has 0 aliphatic rings. The van der Waals surface area contributed by atoms with Crippen LogP contribution in [0.4, 0.5) is 0 Å². The zero-order chi connectivity index (χ0) is 17.1. The van der Waals surface area contributed by atoms with Crippen molar-refractivity contribution < 1.29 is 29.4 Å². The average molecular weight is 335 g/mol. The molecule has 2 atom stereocenters. The summed E-state index contributed by atoms with van der Waals surface area (Å²) in [6.07, 6.45) is 1.51. The predicted octanol–water partition coefficient (Wildman–Crippen LogP) is -1.38. The van der Waals surface area contributed by atoms with E-state index in [-0.39, 0.29) is 19.4 Å². The average Bonchev–Trinajstić information content (AvgIpc) is 2.46. The third kappa shape index (κ3) is 8.47. The van der Waals surface area contributed by atoms with Crippen LogP contribution in [0.5, 0.6) is 0 Å². The number of aliphatic carboxylic acids is 2. The molecule has 0 saturated heterocycles. The SMILES string of the molecule is CSCC[C@H](NC(=O)CN)C(=O)N[C@@H](CCC(=O)O)C(=O)O. The number of carbonyl (C=O) groups is 4. The van der Waals surface area contributed by atoms with E-state index in [0.717, 1.165) is 0 Å². The number of nitrogens with two attached hydrogens (primary N) is 1. The minimum Gasteiger partial charge on any atom is -0.481 e. The summed E-state index contributed by atoms with van der Waals surface area (Å²) >= 11 is 1.46. The highest BCUT2D eigenvalue weighted by molar-refractivity contribution is 7.98. The lowest BCUT2D eigenvalue weighted by atomic mass is 10.1. The summed E-state index contributed by atoms with van der Waals surface area (Å²) in [5, 5.41) is 22.2. The van der Waals surface area contributed by atoms with Gasteiger partial charge in [-0.2, -0.15) is 11.8 Å². The number of hydrogen-bond donors (Lipinski definition) is 5. The number of amides is 2. The van der Waals surface area contributed by atoms with Crippen LogP contribution in [-0.4, -0.2) is 64.6 Å².